The van der Waals surface area contributed by atoms with E-state index >= 15 is 0 Å². The molecule has 0 aliphatic rings. The highest BCUT2D eigenvalue weighted by atomic mass is 32.1. The monoisotopic (exact) mass is 300 g/mol. The fraction of sp³-hybridized carbons (Fsp3) is 0.267. The van der Waals surface area contributed by atoms with Crippen molar-refractivity contribution in [2.75, 3.05) is 5.32 Å². The first kappa shape index (κ1) is 13.8. The minimum absolute atomic E-state index is 0.132. The molecular formula is C15H16N4OS. The first-order valence-electron chi connectivity index (χ1n) is 6.75. The van der Waals surface area contributed by atoms with Crippen LogP contribution in [-0.2, 0) is 0 Å². The molecule has 0 aliphatic heterocycles. The van der Waals surface area contributed by atoms with Crippen LogP contribution in [0.1, 0.15) is 35.9 Å². The molecule has 108 valence electrons. The number of hydrogen-bond donors (Lipinski definition) is 1. The van der Waals surface area contributed by atoms with Crippen LogP contribution in [0, 0.1) is 6.92 Å². The van der Waals surface area contributed by atoms with E-state index < -0.39 is 0 Å². The normalized spacial score (nSPS) is 11.2. The van der Waals surface area contributed by atoms with Crippen molar-refractivity contribution in [3.05, 3.63) is 41.0 Å². The lowest BCUT2D eigenvalue weighted by atomic mass is 10.2. The van der Waals surface area contributed by atoms with Gasteiger partial charge in [0.25, 0.3) is 5.91 Å². The van der Waals surface area contributed by atoms with Crippen LogP contribution in [0.25, 0.3) is 10.2 Å². The molecule has 2 heterocycles. The van der Waals surface area contributed by atoms with Crippen LogP contribution in [-0.4, -0.2) is 20.7 Å². The third-order valence-corrected chi connectivity index (χ3v) is 3.97. The fourth-order valence-electron chi connectivity index (χ4n) is 2.19. The van der Waals surface area contributed by atoms with E-state index in [0.717, 1.165) is 21.7 Å². The molecule has 2 aromatic heterocycles. The van der Waals surface area contributed by atoms with Crippen LogP contribution in [0.15, 0.2) is 29.8 Å². The summed E-state index contributed by atoms with van der Waals surface area (Å²) in [4.78, 5) is 16.6. The molecule has 0 bridgehead atoms. The van der Waals surface area contributed by atoms with E-state index in [-0.39, 0.29) is 11.9 Å². The van der Waals surface area contributed by atoms with Gasteiger partial charge in [0.05, 0.1) is 21.4 Å². The second kappa shape index (κ2) is 5.29. The summed E-state index contributed by atoms with van der Waals surface area (Å²) in [5.41, 5.74) is 4.21. The van der Waals surface area contributed by atoms with E-state index in [1.54, 1.807) is 11.6 Å². The van der Waals surface area contributed by atoms with Crippen LogP contribution in [0.3, 0.4) is 0 Å². The number of thiazole rings is 1. The predicted molar refractivity (Wildman–Crippen MR) is 84.9 cm³/mol. The highest BCUT2D eigenvalue weighted by Crippen LogP contribution is 2.21. The first-order chi connectivity index (χ1) is 10.0. The Bertz CT molecular complexity index is 803. The number of fused-ring (bicyclic) bond motifs is 1. The number of rotatable bonds is 3. The smallest absolute Gasteiger partial charge is 0.256 e. The molecule has 5 nitrogen and oxygen atoms in total. The van der Waals surface area contributed by atoms with Crippen molar-refractivity contribution in [3.63, 3.8) is 0 Å². The Morgan fingerprint density at radius 1 is 1.33 bits per heavy atom. The van der Waals surface area contributed by atoms with Gasteiger partial charge in [0.15, 0.2) is 0 Å². The predicted octanol–water partition coefficient (Wildman–Crippen LogP) is 3.63. The average molecular weight is 300 g/mol. The Morgan fingerprint density at radius 3 is 2.90 bits per heavy atom. The fourth-order valence-corrected chi connectivity index (χ4v) is 2.90. The van der Waals surface area contributed by atoms with E-state index in [1.807, 2.05) is 43.7 Å². The Morgan fingerprint density at radius 2 is 2.14 bits per heavy atom. The zero-order valence-electron chi connectivity index (χ0n) is 12.1. The number of anilines is 1. The Hall–Kier alpha value is -2.21. The maximum atomic E-state index is 12.4. The number of hydrogen-bond acceptors (Lipinski definition) is 4. The number of aromatic nitrogens is 3. The molecule has 0 unspecified atom stereocenters. The summed E-state index contributed by atoms with van der Waals surface area (Å²) in [7, 11) is 0. The van der Waals surface area contributed by atoms with Crippen LogP contribution in [0.2, 0.25) is 0 Å². The molecule has 1 N–H and O–H groups in total. The van der Waals surface area contributed by atoms with E-state index in [1.165, 1.54) is 11.3 Å². The molecule has 0 atom stereocenters. The topological polar surface area (TPSA) is 59.8 Å². The number of nitrogens with zero attached hydrogens (tertiary/aromatic N) is 3. The largest absolute Gasteiger partial charge is 0.307 e. The van der Waals surface area contributed by atoms with Gasteiger partial charge in [0, 0.05) is 17.7 Å². The summed E-state index contributed by atoms with van der Waals surface area (Å²) in [6.07, 6.45) is 0. The van der Waals surface area contributed by atoms with E-state index in [9.17, 15) is 4.79 Å². The number of nitrogens with one attached hydrogen (secondary N) is 1. The molecule has 6 heteroatoms. The third-order valence-electron chi connectivity index (χ3n) is 3.18. The van der Waals surface area contributed by atoms with Gasteiger partial charge in [-0.15, -0.1) is 11.3 Å². The van der Waals surface area contributed by atoms with Crippen molar-refractivity contribution in [3.8, 4) is 0 Å². The highest BCUT2D eigenvalue weighted by molar-refractivity contribution is 7.16. The molecular weight excluding hydrogens is 284 g/mol. The van der Waals surface area contributed by atoms with E-state index in [2.05, 4.69) is 15.4 Å². The SMILES string of the molecule is Cc1cc(NC(=O)c2ccc3ncsc3c2)n(C(C)C)n1. The van der Waals surface area contributed by atoms with Crippen molar-refractivity contribution in [1.29, 1.82) is 0 Å². The zero-order chi connectivity index (χ0) is 15.0. The standard InChI is InChI=1S/C15H16N4OS/c1-9(2)19-14(6-10(3)18-19)17-15(20)11-4-5-12-13(7-11)21-8-16-12/h4-9H,1-3H3,(H,17,20). The summed E-state index contributed by atoms with van der Waals surface area (Å²) < 4.78 is 2.83. The minimum atomic E-state index is -0.132. The first-order valence-corrected chi connectivity index (χ1v) is 7.63. The van der Waals surface area contributed by atoms with Gasteiger partial charge in [-0.2, -0.15) is 5.10 Å². The maximum Gasteiger partial charge on any atom is 0.256 e. The van der Waals surface area contributed by atoms with Crippen molar-refractivity contribution in [2.24, 2.45) is 0 Å². The molecule has 3 rings (SSSR count). The van der Waals surface area contributed by atoms with Crippen molar-refractivity contribution in [2.45, 2.75) is 26.8 Å². The van der Waals surface area contributed by atoms with Crippen LogP contribution in [0.4, 0.5) is 5.82 Å². The lowest BCUT2D eigenvalue weighted by molar-refractivity contribution is 0.102. The summed E-state index contributed by atoms with van der Waals surface area (Å²) in [5.74, 6) is 0.587. The average Bonchev–Trinajstić information content (AvgIpc) is 3.04. The summed E-state index contributed by atoms with van der Waals surface area (Å²) >= 11 is 1.53. The van der Waals surface area contributed by atoms with Crippen molar-refractivity contribution < 1.29 is 4.79 Å². The molecule has 1 amide bonds. The molecule has 0 aliphatic carbocycles. The lowest BCUT2D eigenvalue weighted by Gasteiger charge is -2.11. The second-order valence-corrected chi connectivity index (χ2v) is 6.08. The molecule has 0 fully saturated rings. The minimum Gasteiger partial charge on any atom is -0.307 e. The Labute approximate surface area is 126 Å². The summed E-state index contributed by atoms with van der Waals surface area (Å²) in [6.45, 7) is 5.98. The number of aryl methyl sites for hydroxylation is 1. The van der Waals surface area contributed by atoms with Gasteiger partial charge in [-0.25, -0.2) is 9.67 Å². The van der Waals surface area contributed by atoms with Crippen LogP contribution >= 0.6 is 11.3 Å². The molecule has 0 radical (unpaired) electrons. The number of amides is 1. The molecule has 3 aromatic rings. The van der Waals surface area contributed by atoms with Gasteiger partial charge >= 0.3 is 0 Å². The lowest BCUT2D eigenvalue weighted by Crippen LogP contribution is -2.16. The highest BCUT2D eigenvalue weighted by Gasteiger charge is 2.13. The van der Waals surface area contributed by atoms with Crippen LogP contribution in [0.5, 0.6) is 0 Å². The van der Waals surface area contributed by atoms with E-state index in [0.29, 0.717) is 5.56 Å². The molecule has 1 aromatic carbocycles. The second-order valence-electron chi connectivity index (χ2n) is 5.20. The number of carbonyl (C=O) groups is 1. The molecule has 0 spiro atoms. The summed E-state index contributed by atoms with van der Waals surface area (Å²) in [5, 5.41) is 7.32. The Kier molecular flexibility index (Phi) is 3.47. The molecule has 21 heavy (non-hydrogen) atoms. The maximum absolute atomic E-state index is 12.4. The van der Waals surface area contributed by atoms with E-state index in [4.69, 9.17) is 0 Å². The van der Waals surface area contributed by atoms with Gasteiger partial charge in [-0.3, -0.25) is 4.79 Å². The van der Waals surface area contributed by atoms with Gasteiger partial charge in [-0.05, 0) is 39.0 Å². The third kappa shape index (κ3) is 2.67. The quantitative estimate of drug-likeness (QED) is 0.803. The van der Waals surface area contributed by atoms with Gasteiger partial charge in [-0.1, -0.05) is 0 Å². The van der Waals surface area contributed by atoms with Gasteiger partial charge in [0.2, 0.25) is 0 Å². The zero-order valence-corrected chi connectivity index (χ0v) is 12.9. The summed E-state index contributed by atoms with van der Waals surface area (Å²) in [6, 6.07) is 7.60. The van der Waals surface area contributed by atoms with Gasteiger partial charge in [0.1, 0.15) is 5.82 Å². The van der Waals surface area contributed by atoms with Crippen LogP contribution < -0.4 is 5.32 Å². The molecule has 0 saturated carbocycles. The number of benzene rings is 1. The number of carbonyl (C=O) groups excluding carboxylic acids is 1. The van der Waals surface area contributed by atoms with Crippen molar-refractivity contribution >= 4 is 33.3 Å². The Balaban J connectivity index is 1.89. The molecule has 0 saturated heterocycles. The van der Waals surface area contributed by atoms with Gasteiger partial charge < -0.3 is 5.32 Å². The van der Waals surface area contributed by atoms with Crippen molar-refractivity contribution in [1.82, 2.24) is 14.8 Å².